The molecule has 0 amide bonds. The molecule has 0 aliphatic heterocycles. The fourth-order valence-electron chi connectivity index (χ4n) is 1.95. The second-order valence-electron chi connectivity index (χ2n) is 4.51. The summed E-state index contributed by atoms with van der Waals surface area (Å²) in [5.41, 5.74) is 1.26. The Kier molecular flexibility index (Phi) is 3.38. The van der Waals surface area contributed by atoms with Crippen LogP contribution in [-0.4, -0.2) is 25.8 Å². The Morgan fingerprint density at radius 2 is 1.95 bits per heavy atom. The first-order valence-corrected chi connectivity index (χ1v) is 6.24. The summed E-state index contributed by atoms with van der Waals surface area (Å²) in [6, 6.07) is 6.14. The van der Waals surface area contributed by atoms with Gasteiger partial charge in [0.2, 0.25) is 0 Å². The molecule has 110 valence electrons. The molecule has 3 rings (SSSR count). The number of nitrogens with zero attached hydrogens (tertiary/aromatic N) is 3. The molecule has 0 spiro atoms. The minimum absolute atomic E-state index is 0.0701. The Balaban J connectivity index is 1.95. The molecule has 0 unspecified atom stereocenters. The van der Waals surface area contributed by atoms with Crippen molar-refractivity contribution in [1.29, 1.82) is 0 Å². The van der Waals surface area contributed by atoms with Crippen molar-refractivity contribution in [2.24, 2.45) is 0 Å². The van der Waals surface area contributed by atoms with Crippen molar-refractivity contribution in [3.8, 4) is 16.9 Å². The van der Waals surface area contributed by atoms with Gasteiger partial charge in [-0.15, -0.1) is 0 Å². The maximum Gasteiger partial charge on any atom is 0.337 e. The number of hydrogen-bond acceptors (Lipinski definition) is 3. The molecule has 22 heavy (non-hydrogen) atoms. The Bertz CT molecular complexity index is 844. The Morgan fingerprint density at radius 1 is 1.14 bits per heavy atom. The van der Waals surface area contributed by atoms with E-state index in [0.717, 1.165) is 12.1 Å². The first-order valence-electron chi connectivity index (χ1n) is 6.24. The van der Waals surface area contributed by atoms with Crippen LogP contribution in [0.5, 0.6) is 0 Å². The van der Waals surface area contributed by atoms with E-state index in [4.69, 9.17) is 5.11 Å². The molecule has 0 aliphatic carbocycles. The number of aromatic nitrogens is 3. The summed E-state index contributed by atoms with van der Waals surface area (Å²) >= 11 is 0. The lowest BCUT2D eigenvalue weighted by Gasteiger charge is -2.02. The van der Waals surface area contributed by atoms with Crippen molar-refractivity contribution in [3.05, 3.63) is 66.1 Å². The molecule has 2 heterocycles. The van der Waals surface area contributed by atoms with Crippen LogP contribution in [0.25, 0.3) is 16.9 Å². The van der Waals surface area contributed by atoms with Crippen LogP contribution in [-0.2, 0) is 0 Å². The topological polar surface area (TPSA) is 68.0 Å². The molecule has 0 radical (unpaired) electrons. The molecule has 0 aliphatic rings. The molecule has 2 aromatic heterocycles. The molecule has 0 atom stereocenters. The summed E-state index contributed by atoms with van der Waals surface area (Å²) in [5.74, 6) is -2.47. The minimum Gasteiger partial charge on any atom is -0.478 e. The van der Waals surface area contributed by atoms with Gasteiger partial charge in [-0.2, -0.15) is 5.10 Å². The van der Waals surface area contributed by atoms with Crippen LogP contribution in [0.3, 0.4) is 0 Å². The first kappa shape index (κ1) is 13.9. The Hall–Kier alpha value is -3.09. The van der Waals surface area contributed by atoms with Crippen molar-refractivity contribution in [3.63, 3.8) is 0 Å². The lowest BCUT2D eigenvalue weighted by atomic mass is 10.2. The first-order chi connectivity index (χ1) is 10.5. The van der Waals surface area contributed by atoms with Crippen LogP contribution in [0.15, 0.2) is 48.9 Å². The average molecular weight is 301 g/mol. The Labute approximate surface area is 123 Å². The molecule has 0 bridgehead atoms. The standard InChI is InChI=1S/C15H9F2N3O2/c16-11-2-4-14(12(17)5-11)20-8-10(7-19-20)13-3-1-9(6-18-13)15(21)22/h1-8H,(H,21,22). The fraction of sp³-hybridized carbons (Fsp3) is 0. The van der Waals surface area contributed by atoms with Gasteiger partial charge in [-0.25, -0.2) is 18.3 Å². The molecule has 1 N–H and O–H groups in total. The molecule has 3 aromatic rings. The van der Waals surface area contributed by atoms with Crippen LogP contribution in [0.4, 0.5) is 8.78 Å². The Morgan fingerprint density at radius 3 is 2.59 bits per heavy atom. The third kappa shape index (κ3) is 2.56. The third-order valence-electron chi connectivity index (χ3n) is 3.05. The average Bonchev–Trinajstić information content (AvgIpc) is 2.97. The van der Waals surface area contributed by atoms with Gasteiger partial charge in [-0.05, 0) is 24.3 Å². The number of carboxylic acids is 1. The zero-order valence-corrected chi connectivity index (χ0v) is 11.1. The van der Waals surface area contributed by atoms with Crippen LogP contribution in [0.2, 0.25) is 0 Å². The highest BCUT2D eigenvalue weighted by atomic mass is 19.1. The normalized spacial score (nSPS) is 10.6. The number of hydrogen-bond donors (Lipinski definition) is 1. The van der Waals surface area contributed by atoms with Gasteiger partial charge < -0.3 is 5.11 Å². The minimum atomic E-state index is -1.07. The molecular formula is C15H9F2N3O2. The van der Waals surface area contributed by atoms with Crippen molar-refractivity contribution < 1.29 is 18.7 Å². The summed E-state index contributed by atoms with van der Waals surface area (Å²) in [7, 11) is 0. The zero-order chi connectivity index (χ0) is 15.7. The summed E-state index contributed by atoms with van der Waals surface area (Å²) in [4.78, 5) is 14.8. The van der Waals surface area contributed by atoms with Gasteiger partial charge in [0, 0.05) is 24.0 Å². The number of carbonyl (C=O) groups is 1. The number of rotatable bonds is 3. The number of aromatic carboxylic acids is 1. The van der Waals surface area contributed by atoms with Crippen LogP contribution < -0.4 is 0 Å². The molecule has 7 heteroatoms. The number of benzene rings is 1. The maximum atomic E-state index is 13.7. The quantitative estimate of drug-likeness (QED) is 0.807. The van der Waals surface area contributed by atoms with Gasteiger partial charge in [0.25, 0.3) is 0 Å². The molecular weight excluding hydrogens is 292 g/mol. The molecule has 0 saturated carbocycles. The van der Waals surface area contributed by atoms with Gasteiger partial charge in [0.15, 0.2) is 5.82 Å². The van der Waals surface area contributed by atoms with Crippen molar-refractivity contribution in [2.45, 2.75) is 0 Å². The van der Waals surface area contributed by atoms with Gasteiger partial charge in [0.1, 0.15) is 11.5 Å². The van der Waals surface area contributed by atoms with Gasteiger partial charge in [0.05, 0.1) is 17.5 Å². The van der Waals surface area contributed by atoms with E-state index in [1.54, 1.807) is 0 Å². The van der Waals surface area contributed by atoms with E-state index < -0.39 is 17.6 Å². The molecule has 1 aromatic carbocycles. The van der Waals surface area contributed by atoms with E-state index in [9.17, 15) is 13.6 Å². The lowest BCUT2D eigenvalue weighted by Crippen LogP contribution is -1.98. The lowest BCUT2D eigenvalue weighted by molar-refractivity contribution is 0.0696. The summed E-state index contributed by atoms with van der Waals surface area (Å²) in [5, 5.41) is 12.8. The number of pyridine rings is 1. The van der Waals surface area contributed by atoms with Crippen molar-refractivity contribution in [2.75, 3.05) is 0 Å². The number of carboxylic acid groups (broad SMARTS) is 1. The molecule has 5 nitrogen and oxygen atoms in total. The zero-order valence-electron chi connectivity index (χ0n) is 11.1. The van der Waals surface area contributed by atoms with Gasteiger partial charge in [-0.3, -0.25) is 4.98 Å². The largest absolute Gasteiger partial charge is 0.478 e. The second kappa shape index (κ2) is 5.36. The predicted octanol–water partition coefficient (Wildman–Crippen LogP) is 2.91. The predicted molar refractivity (Wildman–Crippen MR) is 73.7 cm³/mol. The highest BCUT2D eigenvalue weighted by molar-refractivity contribution is 5.87. The van der Waals surface area contributed by atoms with Crippen LogP contribution in [0, 0.1) is 11.6 Å². The summed E-state index contributed by atoms with van der Waals surface area (Å²) < 4.78 is 27.9. The van der Waals surface area contributed by atoms with E-state index in [-0.39, 0.29) is 11.3 Å². The monoisotopic (exact) mass is 301 g/mol. The smallest absolute Gasteiger partial charge is 0.337 e. The van der Waals surface area contributed by atoms with E-state index >= 15 is 0 Å². The van der Waals surface area contributed by atoms with Crippen molar-refractivity contribution >= 4 is 5.97 Å². The molecule has 0 fully saturated rings. The maximum absolute atomic E-state index is 13.7. The summed E-state index contributed by atoms with van der Waals surface area (Å²) in [6.07, 6.45) is 4.22. The van der Waals surface area contributed by atoms with Gasteiger partial charge in [-0.1, -0.05) is 0 Å². The number of halogens is 2. The van der Waals surface area contributed by atoms with Crippen LogP contribution in [0.1, 0.15) is 10.4 Å². The third-order valence-corrected chi connectivity index (χ3v) is 3.05. The highest BCUT2D eigenvalue weighted by Crippen LogP contribution is 2.20. The van der Waals surface area contributed by atoms with E-state index in [1.165, 1.54) is 41.5 Å². The second-order valence-corrected chi connectivity index (χ2v) is 4.51. The highest BCUT2D eigenvalue weighted by Gasteiger charge is 2.10. The summed E-state index contributed by atoms with van der Waals surface area (Å²) in [6.45, 7) is 0. The fourth-order valence-corrected chi connectivity index (χ4v) is 1.95. The molecule has 0 saturated heterocycles. The van der Waals surface area contributed by atoms with Crippen molar-refractivity contribution in [1.82, 2.24) is 14.8 Å². The van der Waals surface area contributed by atoms with E-state index in [2.05, 4.69) is 10.1 Å². The van der Waals surface area contributed by atoms with Crippen LogP contribution >= 0.6 is 0 Å². The van der Waals surface area contributed by atoms with Gasteiger partial charge >= 0.3 is 5.97 Å². The SMILES string of the molecule is O=C(O)c1ccc(-c2cnn(-c3ccc(F)cc3F)c2)nc1. The van der Waals surface area contributed by atoms with E-state index in [0.29, 0.717) is 11.3 Å². The van der Waals surface area contributed by atoms with E-state index in [1.807, 2.05) is 0 Å².